The van der Waals surface area contributed by atoms with Gasteiger partial charge in [0.1, 0.15) is 11.2 Å². The van der Waals surface area contributed by atoms with Crippen molar-refractivity contribution < 1.29 is 9.18 Å². The van der Waals surface area contributed by atoms with E-state index in [1.54, 1.807) is 26.4 Å². The Labute approximate surface area is 205 Å². The van der Waals surface area contributed by atoms with Crippen LogP contribution in [0.1, 0.15) is 36.9 Å². The van der Waals surface area contributed by atoms with Crippen molar-refractivity contribution in [2.45, 2.75) is 50.4 Å². The van der Waals surface area contributed by atoms with Gasteiger partial charge >= 0.3 is 0 Å². The average molecular weight is 490 g/mol. The second-order valence-corrected chi connectivity index (χ2v) is 10.2. The van der Waals surface area contributed by atoms with E-state index in [-0.39, 0.29) is 35.8 Å². The summed E-state index contributed by atoms with van der Waals surface area (Å²) in [6.07, 6.45) is 3.26. The number of rotatable bonds is 3. The smallest absolute Gasteiger partial charge is 0.265 e. The summed E-state index contributed by atoms with van der Waals surface area (Å²) in [7, 11) is 0. The fourth-order valence-electron chi connectivity index (χ4n) is 5.16. The van der Waals surface area contributed by atoms with Gasteiger partial charge in [0.25, 0.3) is 5.56 Å². The molecule has 2 aromatic carbocycles. The molecule has 1 amide bonds. The summed E-state index contributed by atoms with van der Waals surface area (Å²) in [5, 5.41) is 5.49. The van der Waals surface area contributed by atoms with Crippen molar-refractivity contribution in [1.82, 2.24) is 19.3 Å². The van der Waals surface area contributed by atoms with Crippen molar-refractivity contribution >= 4 is 34.4 Å². The zero-order chi connectivity index (χ0) is 24.3. The Morgan fingerprint density at radius 3 is 2.86 bits per heavy atom. The summed E-state index contributed by atoms with van der Waals surface area (Å²) in [6, 6.07) is 12.1. The summed E-state index contributed by atoms with van der Waals surface area (Å²) in [6.45, 7) is 4.01. The van der Waals surface area contributed by atoms with Gasteiger partial charge in [0, 0.05) is 23.9 Å². The Kier molecular flexibility index (Phi) is 5.25. The van der Waals surface area contributed by atoms with E-state index in [0.717, 1.165) is 35.3 Å². The molecule has 0 fully saturated rings. The lowest BCUT2D eigenvalue weighted by atomic mass is 9.95. The summed E-state index contributed by atoms with van der Waals surface area (Å²) in [4.78, 5) is 33.6. The molecule has 0 spiro atoms. The number of amides is 1. The molecule has 0 saturated carbocycles. The minimum absolute atomic E-state index is 0.0126. The number of para-hydroxylation sites is 1. The number of hydrogen-bond donors (Lipinski definition) is 0. The highest BCUT2D eigenvalue weighted by atomic mass is 32.2. The SMILES string of the molecule is Cc1ccccc1-n1ncc2c(=O)n3c(nc21)SCC3CC(=O)N1c2ccc(F)cc2CCC1C. The van der Waals surface area contributed by atoms with Crippen molar-refractivity contribution in [3.8, 4) is 5.69 Å². The van der Waals surface area contributed by atoms with E-state index in [0.29, 0.717) is 21.9 Å². The predicted octanol–water partition coefficient (Wildman–Crippen LogP) is 4.43. The topological polar surface area (TPSA) is 73.0 Å². The first-order valence-corrected chi connectivity index (χ1v) is 12.7. The van der Waals surface area contributed by atoms with Gasteiger partial charge in [0.05, 0.1) is 17.9 Å². The fraction of sp³-hybridized carbons (Fsp3) is 0.308. The number of fused-ring (bicyclic) bond motifs is 3. The molecular formula is C26H24FN5O2S. The van der Waals surface area contributed by atoms with Gasteiger partial charge in [-0.1, -0.05) is 30.0 Å². The largest absolute Gasteiger partial charge is 0.309 e. The molecule has 0 saturated heterocycles. The number of aromatic nitrogens is 4. The van der Waals surface area contributed by atoms with Crippen molar-refractivity contribution in [2.75, 3.05) is 10.7 Å². The maximum absolute atomic E-state index is 13.8. The van der Waals surface area contributed by atoms with Crippen molar-refractivity contribution in [1.29, 1.82) is 0 Å². The molecule has 0 radical (unpaired) electrons. The van der Waals surface area contributed by atoms with Crippen LogP contribution in [0.3, 0.4) is 0 Å². The van der Waals surface area contributed by atoms with Crippen LogP contribution in [-0.2, 0) is 11.2 Å². The molecule has 0 aliphatic carbocycles. The molecule has 2 atom stereocenters. The molecule has 4 aromatic rings. The Morgan fingerprint density at radius 1 is 1.20 bits per heavy atom. The lowest BCUT2D eigenvalue weighted by molar-refractivity contribution is -0.119. The fourth-order valence-corrected chi connectivity index (χ4v) is 6.29. The van der Waals surface area contributed by atoms with Gasteiger partial charge in [-0.15, -0.1) is 0 Å². The van der Waals surface area contributed by atoms with E-state index in [1.807, 2.05) is 38.1 Å². The molecule has 6 rings (SSSR count). The minimum atomic E-state index is -0.299. The molecule has 35 heavy (non-hydrogen) atoms. The average Bonchev–Trinajstić information content (AvgIpc) is 3.44. The van der Waals surface area contributed by atoms with Crippen LogP contribution in [0.2, 0.25) is 0 Å². The van der Waals surface area contributed by atoms with Gasteiger partial charge in [-0.05, 0) is 62.1 Å². The van der Waals surface area contributed by atoms with Crippen molar-refractivity contribution in [3.63, 3.8) is 0 Å². The lowest BCUT2D eigenvalue weighted by Gasteiger charge is -2.36. The zero-order valence-electron chi connectivity index (χ0n) is 19.4. The Balaban J connectivity index is 1.35. The number of aryl methyl sites for hydroxylation is 2. The molecule has 4 heterocycles. The molecule has 0 bridgehead atoms. The van der Waals surface area contributed by atoms with Crippen LogP contribution >= 0.6 is 11.8 Å². The normalized spacial score (nSPS) is 19.1. The van der Waals surface area contributed by atoms with E-state index < -0.39 is 0 Å². The molecule has 2 aliphatic rings. The van der Waals surface area contributed by atoms with E-state index in [2.05, 4.69) is 5.10 Å². The monoisotopic (exact) mass is 489 g/mol. The van der Waals surface area contributed by atoms with Crippen molar-refractivity contribution in [3.05, 3.63) is 76.0 Å². The van der Waals surface area contributed by atoms with E-state index in [4.69, 9.17) is 4.98 Å². The molecule has 9 heteroatoms. The predicted molar refractivity (Wildman–Crippen MR) is 134 cm³/mol. The Bertz CT molecular complexity index is 1540. The molecule has 2 aromatic heterocycles. The third-order valence-corrected chi connectivity index (χ3v) is 8.06. The Hall–Kier alpha value is -3.46. The van der Waals surface area contributed by atoms with Crippen LogP contribution in [0, 0.1) is 12.7 Å². The first-order valence-electron chi connectivity index (χ1n) is 11.7. The first kappa shape index (κ1) is 22.0. The standard InChI is InChI=1S/C26H24FN5O2S/c1-15-5-3-4-6-21(15)32-24-20(13-28-32)25(34)31-19(14-35-26(31)29-24)12-23(33)30-16(2)7-8-17-11-18(27)9-10-22(17)30/h3-6,9-11,13,16,19H,7-8,12,14H2,1-2H3. The van der Waals surface area contributed by atoms with Crippen LogP contribution in [0.5, 0.6) is 0 Å². The maximum atomic E-state index is 13.8. The van der Waals surface area contributed by atoms with Crippen LogP contribution < -0.4 is 10.5 Å². The number of hydrogen-bond acceptors (Lipinski definition) is 5. The summed E-state index contributed by atoms with van der Waals surface area (Å²) in [5.74, 6) is 0.238. The minimum Gasteiger partial charge on any atom is -0.309 e. The number of anilines is 1. The third kappa shape index (κ3) is 3.56. The number of nitrogens with zero attached hydrogens (tertiary/aromatic N) is 5. The molecule has 178 valence electrons. The lowest BCUT2D eigenvalue weighted by Crippen LogP contribution is -2.43. The highest BCUT2D eigenvalue weighted by Gasteiger charge is 2.34. The highest BCUT2D eigenvalue weighted by molar-refractivity contribution is 7.99. The molecule has 2 aliphatic heterocycles. The molecule has 2 unspecified atom stereocenters. The number of carbonyl (C=O) groups excluding carboxylic acids is 1. The van der Waals surface area contributed by atoms with E-state index in [1.165, 1.54) is 23.9 Å². The van der Waals surface area contributed by atoms with Crippen LogP contribution in [-0.4, -0.2) is 37.0 Å². The number of thioether (sulfide) groups is 1. The molecule has 0 N–H and O–H groups in total. The Morgan fingerprint density at radius 2 is 2.03 bits per heavy atom. The van der Waals surface area contributed by atoms with Crippen molar-refractivity contribution in [2.24, 2.45) is 0 Å². The highest BCUT2D eigenvalue weighted by Crippen LogP contribution is 2.36. The third-order valence-electron chi connectivity index (χ3n) is 6.97. The van der Waals surface area contributed by atoms with Crippen LogP contribution in [0.4, 0.5) is 10.1 Å². The summed E-state index contributed by atoms with van der Waals surface area (Å²) < 4.78 is 17.1. The number of halogens is 1. The van der Waals surface area contributed by atoms with Crippen LogP contribution in [0.15, 0.2) is 58.6 Å². The van der Waals surface area contributed by atoms with Gasteiger partial charge in [-0.2, -0.15) is 5.10 Å². The molecule has 7 nitrogen and oxygen atoms in total. The summed E-state index contributed by atoms with van der Waals surface area (Å²) >= 11 is 1.48. The first-order chi connectivity index (χ1) is 16.9. The van der Waals surface area contributed by atoms with Gasteiger partial charge in [-0.25, -0.2) is 14.1 Å². The van der Waals surface area contributed by atoms with E-state index in [9.17, 15) is 14.0 Å². The second kappa shape index (κ2) is 8.34. The number of carbonyl (C=O) groups is 1. The summed E-state index contributed by atoms with van der Waals surface area (Å²) in [5.41, 5.74) is 3.87. The molecular weight excluding hydrogens is 465 g/mol. The van der Waals surface area contributed by atoms with Gasteiger partial charge < -0.3 is 4.90 Å². The van der Waals surface area contributed by atoms with Gasteiger partial charge in [-0.3, -0.25) is 14.2 Å². The maximum Gasteiger partial charge on any atom is 0.265 e. The van der Waals surface area contributed by atoms with Gasteiger partial charge in [0.2, 0.25) is 5.91 Å². The second-order valence-electron chi connectivity index (χ2n) is 9.24. The quantitative estimate of drug-likeness (QED) is 0.398. The van der Waals surface area contributed by atoms with Crippen LogP contribution in [0.25, 0.3) is 16.7 Å². The van der Waals surface area contributed by atoms with E-state index >= 15 is 0 Å². The number of benzene rings is 2. The van der Waals surface area contributed by atoms with Gasteiger partial charge in [0.15, 0.2) is 10.8 Å². The zero-order valence-corrected chi connectivity index (χ0v) is 20.3.